The smallest absolute Gasteiger partial charge is 0.236 e. The van der Waals surface area contributed by atoms with Crippen molar-refractivity contribution in [2.24, 2.45) is 0 Å². The molecule has 126 valence electrons. The normalized spacial score (nSPS) is 18.5. The summed E-state index contributed by atoms with van der Waals surface area (Å²) in [6.07, 6.45) is 1.89. The molecule has 1 fully saturated rings. The van der Waals surface area contributed by atoms with Crippen LogP contribution in [0.15, 0.2) is 24.3 Å². The van der Waals surface area contributed by atoms with Gasteiger partial charge in [0.15, 0.2) is 0 Å². The monoisotopic (exact) mass is 321 g/mol. The first-order valence-corrected chi connectivity index (χ1v) is 7.92. The van der Waals surface area contributed by atoms with Crippen molar-refractivity contribution < 1.29 is 14.0 Å². The highest BCUT2D eigenvalue weighted by molar-refractivity contribution is 5.78. The molecule has 1 heterocycles. The average Bonchev–Trinajstić information content (AvgIpc) is 2.49. The SMILES string of the molecule is CC(=O)NC1CCCN(CC(=O)N(C)Cc2ccccc2F)C1. The molecule has 5 nitrogen and oxygen atoms in total. The number of likely N-dealkylation sites (N-methyl/N-ethyl adjacent to an activating group) is 1. The second kappa shape index (κ2) is 8.06. The van der Waals surface area contributed by atoms with E-state index in [4.69, 9.17) is 0 Å². The molecule has 1 saturated heterocycles. The van der Waals surface area contributed by atoms with Gasteiger partial charge in [-0.3, -0.25) is 14.5 Å². The number of piperidine rings is 1. The predicted octanol–water partition coefficient (Wildman–Crippen LogP) is 1.38. The summed E-state index contributed by atoms with van der Waals surface area (Å²) in [5.74, 6) is -0.382. The second-order valence-electron chi connectivity index (χ2n) is 6.12. The quantitative estimate of drug-likeness (QED) is 0.891. The van der Waals surface area contributed by atoms with Crippen LogP contribution in [0.3, 0.4) is 0 Å². The molecule has 0 radical (unpaired) electrons. The summed E-state index contributed by atoms with van der Waals surface area (Å²) in [4.78, 5) is 27.1. The van der Waals surface area contributed by atoms with Crippen molar-refractivity contribution in [3.8, 4) is 0 Å². The number of likely N-dealkylation sites (tertiary alicyclic amines) is 1. The van der Waals surface area contributed by atoms with E-state index in [0.29, 0.717) is 18.7 Å². The van der Waals surface area contributed by atoms with Crippen LogP contribution in [0.25, 0.3) is 0 Å². The van der Waals surface area contributed by atoms with Gasteiger partial charge >= 0.3 is 0 Å². The fraction of sp³-hybridized carbons (Fsp3) is 0.529. The molecular formula is C17H24FN3O2. The Hall–Kier alpha value is -1.95. The largest absolute Gasteiger partial charge is 0.352 e. The molecule has 0 bridgehead atoms. The van der Waals surface area contributed by atoms with Gasteiger partial charge in [-0.2, -0.15) is 0 Å². The Morgan fingerprint density at radius 3 is 2.83 bits per heavy atom. The molecule has 23 heavy (non-hydrogen) atoms. The fourth-order valence-corrected chi connectivity index (χ4v) is 2.89. The Balaban J connectivity index is 1.85. The summed E-state index contributed by atoms with van der Waals surface area (Å²) in [6.45, 7) is 3.58. The van der Waals surface area contributed by atoms with Crippen LogP contribution in [0.4, 0.5) is 4.39 Å². The standard InChI is InChI=1S/C17H24FN3O2/c1-13(22)19-15-7-5-9-21(11-15)12-17(23)20(2)10-14-6-3-4-8-16(14)18/h3-4,6,8,15H,5,7,9-12H2,1-2H3,(H,19,22). The highest BCUT2D eigenvalue weighted by atomic mass is 19.1. The molecule has 1 aliphatic heterocycles. The lowest BCUT2D eigenvalue weighted by atomic mass is 10.1. The van der Waals surface area contributed by atoms with Gasteiger partial charge in [0.05, 0.1) is 6.54 Å². The minimum atomic E-state index is -0.296. The van der Waals surface area contributed by atoms with Crippen molar-refractivity contribution in [3.05, 3.63) is 35.6 Å². The van der Waals surface area contributed by atoms with Gasteiger partial charge in [0.2, 0.25) is 11.8 Å². The number of benzene rings is 1. The van der Waals surface area contributed by atoms with Crippen LogP contribution >= 0.6 is 0 Å². The first-order valence-electron chi connectivity index (χ1n) is 7.92. The lowest BCUT2D eigenvalue weighted by molar-refractivity contribution is -0.132. The van der Waals surface area contributed by atoms with Crippen molar-refractivity contribution in [1.82, 2.24) is 15.1 Å². The third-order valence-electron chi connectivity index (χ3n) is 4.06. The lowest BCUT2D eigenvalue weighted by Crippen LogP contribution is -2.49. The van der Waals surface area contributed by atoms with Crippen LogP contribution in [-0.2, 0) is 16.1 Å². The molecule has 2 rings (SSSR count). The van der Waals surface area contributed by atoms with Gasteiger partial charge in [-0.05, 0) is 25.5 Å². The van der Waals surface area contributed by atoms with Gasteiger partial charge in [0.1, 0.15) is 5.82 Å². The van der Waals surface area contributed by atoms with Gasteiger partial charge in [-0.1, -0.05) is 18.2 Å². The molecule has 1 aromatic rings. The molecule has 1 aliphatic rings. The molecule has 2 amide bonds. The molecule has 0 spiro atoms. The zero-order chi connectivity index (χ0) is 16.8. The van der Waals surface area contributed by atoms with Gasteiger partial charge < -0.3 is 10.2 Å². The molecule has 1 aromatic carbocycles. The molecule has 0 saturated carbocycles. The van der Waals surface area contributed by atoms with Crippen LogP contribution in [0.2, 0.25) is 0 Å². The van der Waals surface area contributed by atoms with Crippen molar-refractivity contribution >= 4 is 11.8 Å². The van der Waals surface area contributed by atoms with Crippen LogP contribution in [0, 0.1) is 5.82 Å². The van der Waals surface area contributed by atoms with Crippen molar-refractivity contribution in [3.63, 3.8) is 0 Å². The summed E-state index contributed by atoms with van der Waals surface area (Å²) >= 11 is 0. The minimum Gasteiger partial charge on any atom is -0.352 e. The molecule has 1 unspecified atom stereocenters. The fourth-order valence-electron chi connectivity index (χ4n) is 2.89. The molecule has 0 aromatic heterocycles. The van der Waals surface area contributed by atoms with Gasteiger partial charge in [0.25, 0.3) is 0 Å². The molecule has 6 heteroatoms. The maximum atomic E-state index is 13.7. The number of carbonyl (C=O) groups is 2. The summed E-state index contributed by atoms with van der Waals surface area (Å²) < 4.78 is 13.7. The van der Waals surface area contributed by atoms with Crippen LogP contribution < -0.4 is 5.32 Å². The van der Waals surface area contributed by atoms with E-state index in [9.17, 15) is 14.0 Å². The van der Waals surface area contributed by atoms with Crippen molar-refractivity contribution in [2.45, 2.75) is 32.4 Å². The lowest BCUT2D eigenvalue weighted by Gasteiger charge is -2.33. The zero-order valence-corrected chi connectivity index (χ0v) is 13.7. The summed E-state index contributed by atoms with van der Waals surface area (Å²) in [5, 5.41) is 2.91. The number of hydrogen-bond acceptors (Lipinski definition) is 3. The van der Waals surface area contributed by atoms with Crippen LogP contribution in [-0.4, -0.2) is 54.3 Å². The zero-order valence-electron chi connectivity index (χ0n) is 13.7. The van der Waals surface area contributed by atoms with Crippen molar-refractivity contribution in [2.75, 3.05) is 26.7 Å². The molecule has 0 aliphatic carbocycles. The second-order valence-corrected chi connectivity index (χ2v) is 6.12. The third-order valence-corrected chi connectivity index (χ3v) is 4.06. The maximum absolute atomic E-state index is 13.7. The Bertz CT molecular complexity index is 565. The number of nitrogens with zero attached hydrogens (tertiary/aromatic N) is 2. The topological polar surface area (TPSA) is 52.7 Å². The first kappa shape index (κ1) is 17.4. The number of halogens is 1. The number of hydrogen-bond donors (Lipinski definition) is 1. The Labute approximate surface area is 136 Å². The van der Waals surface area contributed by atoms with Crippen molar-refractivity contribution in [1.29, 1.82) is 0 Å². The van der Waals surface area contributed by atoms with E-state index in [0.717, 1.165) is 19.4 Å². The third kappa shape index (κ3) is 5.32. The van der Waals surface area contributed by atoms with E-state index in [1.165, 1.54) is 13.0 Å². The first-order chi connectivity index (χ1) is 11.0. The van der Waals surface area contributed by atoms with Gasteiger partial charge in [-0.15, -0.1) is 0 Å². The van der Waals surface area contributed by atoms with Gasteiger partial charge in [-0.25, -0.2) is 4.39 Å². The van der Waals surface area contributed by atoms with Crippen LogP contribution in [0.5, 0.6) is 0 Å². The maximum Gasteiger partial charge on any atom is 0.236 e. The summed E-state index contributed by atoms with van der Waals surface area (Å²) in [7, 11) is 1.68. The Kier molecular flexibility index (Phi) is 6.10. The number of rotatable bonds is 5. The number of nitrogens with one attached hydrogen (secondary N) is 1. The highest BCUT2D eigenvalue weighted by Crippen LogP contribution is 2.12. The minimum absolute atomic E-state index is 0.0418. The van der Waals surface area contributed by atoms with E-state index in [1.54, 1.807) is 30.1 Å². The Morgan fingerprint density at radius 2 is 2.13 bits per heavy atom. The molecule has 1 N–H and O–H groups in total. The van der Waals surface area contributed by atoms with Gasteiger partial charge in [0, 0.05) is 38.7 Å². The average molecular weight is 321 g/mol. The van der Waals surface area contributed by atoms with E-state index in [-0.39, 0.29) is 30.2 Å². The Morgan fingerprint density at radius 1 is 1.39 bits per heavy atom. The highest BCUT2D eigenvalue weighted by Gasteiger charge is 2.23. The van der Waals surface area contributed by atoms with E-state index in [2.05, 4.69) is 5.32 Å². The van der Waals surface area contributed by atoms with E-state index in [1.807, 2.05) is 4.90 Å². The molecule has 1 atom stereocenters. The van der Waals surface area contributed by atoms with Crippen LogP contribution in [0.1, 0.15) is 25.3 Å². The summed E-state index contributed by atoms with van der Waals surface area (Å²) in [6, 6.07) is 6.59. The number of carbonyl (C=O) groups excluding carboxylic acids is 2. The predicted molar refractivity (Wildman–Crippen MR) is 86.2 cm³/mol. The van der Waals surface area contributed by atoms with E-state index >= 15 is 0 Å². The number of amides is 2. The van der Waals surface area contributed by atoms with E-state index < -0.39 is 0 Å². The molecular weight excluding hydrogens is 297 g/mol. The summed E-state index contributed by atoms with van der Waals surface area (Å²) in [5.41, 5.74) is 0.512.